The Balaban J connectivity index is 2.52. The molecular weight excluding hydrogens is 226 g/mol. The van der Waals surface area contributed by atoms with Crippen LogP contribution in [0.1, 0.15) is 52.9 Å². The number of ether oxygens (including phenoxy) is 1. The van der Waals surface area contributed by atoms with Crippen molar-refractivity contribution < 1.29 is 9.53 Å². The van der Waals surface area contributed by atoms with Gasteiger partial charge < -0.3 is 10.1 Å². The van der Waals surface area contributed by atoms with E-state index in [9.17, 15) is 4.79 Å². The Kier molecular flexibility index (Phi) is 4.48. The molecule has 1 aliphatic rings. The molecular formula is C12H22ClNO2. The number of hydrogen-bond acceptors (Lipinski definition) is 2. The lowest BCUT2D eigenvalue weighted by atomic mass is 9.83. The highest BCUT2D eigenvalue weighted by Gasteiger charge is 2.34. The van der Waals surface area contributed by atoms with Crippen molar-refractivity contribution in [1.29, 1.82) is 0 Å². The van der Waals surface area contributed by atoms with Crippen molar-refractivity contribution >= 4 is 17.7 Å². The summed E-state index contributed by atoms with van der Waals surface area (Å²) >= 11 is 5.98. The van der Waals surface area contributed by atoms with Gasteiger partial charge in [0.05, 0.1) is 5.54 Å². The average molecular weight is 248 g/mol. The van der Waals surface area contributed by atoms with E-state index in [2.05, 4.69) is 5.32 Å². The largest absolute Gasteiger partial charge is 0.444 e. The first-order chi connectivity index (χ1) is 7.37. The van der Waals surface area contributed by atoms with Crippen LogP contribution < -0.4 is 5.32 Å². The van der Waals surface area contributed by atoms with E-state index >= 15 is 0 Å². The third kappa shape index (κ3) is 4.20. The predicted molar refractivity (Wildman–Crippen MR) is 65.9 cm³/mol. The summed E-state index contributed by atoms with van der Waals surface area (Å²) in [5.74, 6) is 0.465. The number of hydrogen-bond donors (Lipinski definition) is 1. The molecule has 3 nitrogen and oxygen atoms in total. The first kappa shape index (κ1) is 13.6. The Morgan fingerprint density at radius 1 is 1.31 bits per heavy atom. The van der Waals surface area contributed by atoms with E-state index in [1.807, 2.05) is 20.8 Å². The standard InChI is InChI=1S/C12H22ClNO2/c1-11(2,3)16-10(15)14-12(9-13)7-5-4-6-8-12/h4-9H2,1-3H3,(H,14,15). The molecule has 0 aromatic heterocycles. The van der Waals surface area contributed by atoms with Crippen molar-refractivity contribution in [3.8, 4) is 0 Å². The van der Waals surface area contributed by atoms with Crippen LogP contribution in [0, 0.1) is 0 Å². The molecule has 94 valence electrons. The van der Waals surface area contributed by atoms with Crippen LogP contribution in [0.2, 0.25) is 0 Å². The van der Waals surface area contributed by atoms with E-state index < -0.39 is 5.60 Å². The second kappa shape index (κ2) is 5.26. The minimum Gasteiger partial charge on any atom is -0.444 e. The van der Waals surface area contributed by atoms with Crippen molar-refractivity contribution in [3.05, 3.63) is 0 Å². The van der Waals surface area contributed by atoms with Gasteiger partial charge in [0.15, 0.2) is 0 Å². The first-order valence-electron chi connectivity index (χ1n) is 5.94. The van der Waals surface area contributed by atoms with Crippen molar-refractivity contribution in [1.82, 2.24) is 5.32 Å². The van der Waals surface area contributed by atoms with Crippen molar-refractivity contribution in [2.24, 2.45) is 0 Å². The van der Waals surface area contributed by atoms with Gasteiger partial charge >= 0.3 is 6.09 Å². The summed E-state index contributed by atoms with van der Waals surface area (Å²) in [5.41, 5.74) is -0.700. The van der Waals surface area contributed by atoms with Crippen LogP contribution in [0.3, 0.4) is 0 Å². The second-order valence-electron chi connectivity index (χ2n) is 5.60. The molecule has 0 unspecified atom stereocenters. The summed E-state index contributed by atoms with van der Waals surface area (Å²) in [6.07, 6.45) is 5.04. The quantitative estimate of drug-likeness (QED) is 0.759. The maximum atomic E-state index is 11.7. The summed E-state index contributed by atoms with van der Waals surface area (Å²) in [7, 11) is 0. The number of carbonyl (C=O) groups is 1. The molecule has 0 aromatic carbocycles. The van der Waals surface area contributed by atoms with Gasteiger partial charge in [-0.2, -0.15) is 0 Å². The van der Waals surface area contributed by atoms with E-state index in [0.717, 1.165) is 25.7 Å². The van der Waals surface area contributed by atoms with Crippen LogP contribution in [-0.4, -0.2) is 23.1 Å². The molecule has 0 saturated heterocycles. The van der Waals surface area contributed by atoms with Gasteiger partial charge in [0.1, 0.15) is 5.60 Å². The molecule has 1 rings (SSSR count). The zero-order valence-electron chi connectivity index (χ0n) is 10.4. The normalized spacial score (nSPS) is 20.2. The maximum absolute atomic E-state index is 11.7. The van der Waals surface area contributed by atoms with E-state index in [1.165, 1.54) is 6.42 Å². The summed E-state index contributed by atoms with van der Waals surface area (Å²) in [6, 6.07) is 0. The smallest absolute Gasteiger partial charge is 0.408 e. The number of nitrogens with one attached hydrogen (secondary N) is 1. The molecule has 0 heterocycles. The summed E-state index contributed by atoms with van der Waals surface area (Å²) in [6.45, 7) is 5.59. The fourth-order valence-electron chi connectivity index (χ4n) is 2.04. The first-order valence-corrected chi connectivity index (χ1v) is 6.47. The number of carbonyl (C=O) groups excluding carboxylic acids is 1. The molecule has 1 aliphatic carbocycles. The van der Waals surface area contributed by atoms with Crippen LogP contribution in [0.25, 0.3) is 0 Å². The van der Waals surface area contributed by atoms with Crippen LogP contribution in [0.15, 0.2) is 0 Å². The van der Waals surface area contributed by atoms with Crippen molar-refractivity contribution in [3.63, 3.8) is 0 Å². The van der Waals surface area contributed by atoms with Gasteiger partial charge in [-0.05, 0) is 33.6 Å². The van der Waals surface area contributed by atoms with Crippen molar-refractivity contribution in [2.75, 3.05) is 5.88 Å². The minimum absolute atomic E-state index is 0.248. The average Bonchev–Trinajstić information content (AvgIpc) is 2.16. The van der Waals surface area contributed by atoms with Gasteiger partial charge in [-0.25, -0.2) is 4.79 Å². The lowest BCUT2D eigenvalue weighted by molar-refractivity contribution is 0.0441. The lowest BCUT2D eigenvalue weighted by Crippen LogP contribution is -2.52. The van der Waals surface area contributed by atoms with Crippen molar-refractivity contribution in [2.45, 2.75) is 64.0 Å². The Labute approximate surface area is 103 Å². The highest BCUT2D eigenvalue weighted by atomic mass is 35.5. The van der Waals surface area contributed by atoms with E-state index in [1.54, 1.807) is 0 Å². The van der Waals surface area contributed by atoms with Gasteiger partial charge in [0, 0.05) is 5.88 Å². The highest BCUT2D eigenvalue weighted by Crippen LogP contribution is 2.29. The number of amides is 1. The van der Waals surface area contributed by atoms with Gasteiger partial charge in [0.25, 0.3) is 0 Å². The number of alkyl halides is 1. The fraction of sp³-hybridized carbons (Fsp3) is 0.917. The van der Waals surface area contributed by atoms with Gasteiger partial charge in [-0.15, -0.1) is 11.6 Å². The third-order valence-electron chi connectivity index (χ3n) is 2.83. The van der Waals surface area contributed by atoms with Gasteiger partial charge in [0.2, 0.25) is 0 Å². The Morgan fingerprint density at radius 2 is 1.88 bits per heavy atom. The van der Waals surface area contributed by atoms with Crippen LogP contribution in [-0.2, 0) is 4.74 Å². The molecule has 1 amide bonds. The Hall–Kier alpha value is -0.440. The molecule has 0 radical (unpaired) electrons. The predicted octanol–water partition coefficient (Wildman–Crippen LogP) is 3.45. The number of halogens is 1. The monoisotopic (exact) mass is 247 g/mol. The molecule has 1 fully saturated rings. The number of alkyl carbamates (subject to hydrolysis) is 1. The second-order valence-corrected chi connectivity index (χ2v) is 5.87. The molecule has 0 bridgehead atoms. The van der Waals surface area contributed by atoms with Gasteiger partial charge in [-0.3, -0.25) is 0 Å². The zero-order valence-corrected chi connectivity index (χ0v) is 11.2. The SMILES string of the molecule is CC(C)(C)OC(=O)NC1(CCl)CCCCC1. The van der Waals surface area contributed by atoms with E-state index in [0.29, 0.717) is 5.88 Å². The van der Waals surface area contributed by atoms with Crippen LogP contribution in [0.4, 0.5) is 4.79 Å². The summed E-state index contributed by atoms with van der Waals surface area (Å²) in [5, 5.41) is 2.95. The van der Waals surface area contributed by atoms with Crippen LogP contribution in [0.5, 0.6) is 0 Å². The topological polar surface area (TPSA) is 38.3 Å². The molecule has 4 heteroatoms. The lowest BCUT2D eigenvalue weighted by Gasteiger charge is -2.36. The third-order valence-corrected chi connectivity index (χ3v) is 3.34. The van der Waals surface area contributed by atoms with E-state index in [4.69, 9.17) is 16.3 Å². The van der Waals surface area contributed by atoms with Gasteiger partial charge in [-0.1, -0.05) is 19.3 Å². The Bertz CT molecular complexity index is 242. The van der Waals surface area contributed by atoms with E-state index in [-0.39, 0.29) is 11.6 Å². The Morgan fingerprint density at radius 3 is 2.31 bits per heavy atom. The zero-order chi connectivity index (χ0) is 12.2. The number of rotatable bonds is 2. The highest BCUT2D eigenvalue weighted by molar-refractivity contribution is 6.18. The maximum Gasteiger partial charge on any atom is 0.408 e. The molecule has 0 atom stereocenters. The summed E-state index contributed by atoms with van der Waals surface area (Å²) in [4.78, 5) is 11.7. The molecule has 1 saturated carbocycles. The minimum atomic E-state index is -0.452. The molecule has 0 aromatic rings. The fourth-order valence-corrected chi connectivity index (χ4v) is 2.37. The van der Waals surface area contributed by atoms with Crippen LogP contribution >= 0.6 is 11.6 Å². The molecule has 0 spiro atoms. The summed E-state index contributed by atoms with van der Waals surface area (Å²) < 4.78 is 5.26. The molecule has 0 aliphatic heterocycles. The molecule has 1 N–H and O–H groups in total. The molecule has 16 heavy (non-hydrogen) atoms.